The van der Waals surface area contributed by atoms with Gasteiger partial charge in [0, 0.05) is 13.1 Å². The summed E-state index contributed by atoms with van der Waals surface area (Å²) >= 11 is 0. The smallest absolute Gasteiger partial charge is 0.338 e. The van der Waals surface area contributed by atoms with E-state index < -0.39 is 16.0 Å². The summed E-state index contributed by atoms with van der Waals surface area (Å²) in [5, 5.41) is 0. The molecule has 0 spiro atoms. The molecule has 0 N–H and O–H groups in total. The first kappa shape index (κ1) is 24.1. The Hall–Kier alpha value is -2.58. The maximum atomic E-state index is 12.9. The van der Waals surface area contributed by atoms with Crippen LogP contribution in [-0.2, 0) is 14.8 Å². The van der Waals surface area contributed by atoms with Gasteiger partial charge in [-0.3, -0.25) is 0 Å². The Labute approximate surface area is 190 Å². The zero-order valence-corrected chi connectivity index (χ0v) is 19.6. The lowest BCUT2D eigenvalue weighted by atomic mass is 9.94. The highest BCUT2D eigenvalue weighted by Crippen LogP contribution is 2.27. The summed E-state index contributed by atoms with van der Waals surface area (Å²) in [6.45, 7) is 7.97. The van der Waals surface area contributed by atoms with Crippen LogP contribution in [0.2, 0.25) is 0 Å². The van der Waals surface area contributed by atoms with Crippen LogP contribution in [0.5, 0.6) is 11.5 Å². The number of esters is 1. The van der Waals surface area contributed by atoms with E-state index >= 15 is 0 Å². The van der Waals surface area contributed by atoms with Crippen LogP contribution in [-0.4, -0.2) is 51.6 Å². The summed E-state index contributed by atoms with van der Waals surface area (Å²) in [6, 6.07) is 13.1. The average Bonchev–Trinajstić information content (AvgIpc) is 2.77. The van der Waals surface area contributed by atoms with Crippen LogP contribution >= 0.6 is 0 Å². The molecule has 2 aromatic carbocycles. The molecule has 2 atom stereocenters. The number of piperidine rings is 1. The van der Waals surface area contributed by atoms with Crippen molar-refractivity contribution in [2.45, 2.75) is 32.1 Å². The third-order valence-corrected chi connectivity index (χ3v) is 7.13. The summed E-state index contributed by atoms with van der Waals surface area (Å²) in [5.41, 5.74) is 0.297. The van der Waals surface area contributed by atoms with Crippen LogP contribution < -0.4 is 9.47 Å². The topological polar surface area (TPSA) is 82.1 Å². The minimum absolute atomic E-state index is 0.0790. The molecule has 2 aromatic rings. The summed E-state index contributed by atoms with van der Waals surface area (Å²) in [4.78, 5) is 12.5. The minimum atomic E-state index is -3.58. The van der Waals surface area contributed by atoms with Crippen LogP contribution in [0.1, 0.15) is 37.6 Å². The minimum Gasteiger partial charge on any atom is -0.494 e. The van der Waals surface area contributed by atoms with Gasteiger partial charge in [0.2, 0.25) is 10.0 Å². The lowest BCUT2D eigenvalue weighted by Crippen LogP contribution is -2.42. The molecular formula is C24H31NO6S. The molecule has 1 saturated heterocycles. The van der Waals surface area contributed by atoms with Crippen molar-refractivity contribution in [3.63, 3.8) is 0 Å². The van der Waals surface area contributed by atoms with E-state index in [0.29, 0.717) is 42.8 Å². The third-order valence-electron chi connectivity index (χ3n) is 5.28. The molecule has 0 amide bonds. The van der Waals surface area contributed by atoms with E-state index in [9.17, 15) is 13.2 Å². The molecule has 174 valence electrons. The van der Waals surface area contributed by atoms with E-state index in [1.165, 1.54) is 28.6 Å². The normalized spacial score (nSPS) is 19.3. The van der Waals surface area contributed by atoms with E-state index in [0.717, 1.165) is 12.2 Å². The number of hydrogen-bond donors (Lipinski definition) is 0. The van der Waals surface area contributed by atoms with E-state index in [-0.39, 0.29) is 18.1 Å². The average molecular weight is 462 g/mol. The fourth-order valence-electron chi connectivity index (χ4n) is 3.89. The van der Waals surface area contributed by atoms with Gasteiger partial charge in [-0.1, -0.05) is 13.8 Å². The maximum absolute atomic E-state index is 12.9. The van der Waals surface area contributed by atoms with E-state index in [4.69, 9.17) is 14.2 Å². The monoisotopic (exact) mass is 461 g/mol. The van der Waals surface area contributed by atoms with E-state index in [2.05, 4.69) is 13.8 Å². The highest BCUT2D eigenvalue weighted by molar-refractivity contribution is 7.89. The van der Waals surface area contributed by atoms with Gasteiger partial charge in [0.05, 0.1) is 17.1 Å². The van der Waals surface area contributed by atoms with Crippen molar-refractivity contribution in [2.75, 3.05) is 32.9 Å². The molecule has 3 rings (SSSR count). The van der Waals surface area contributed by atoms with Crippen molar-refractivity contribution in [1.82, 2.24) is 4.31 Å². The molecule has 0 bridgehead atoms. The summed E-state index contributed by atoms with van der Waals surface area (Å²) in [6.07, 6.45) is 1.03. The molecule has 0 radical (unpaired) electrons. The van der Waals surface area contributed by atoms with Crippen molar-refractivity contribution >= 4 is 16.0 Å². The molecular weight excluding hydrogens is 430 g/mol. The Morgan fingerprint density at radius 3 is 2.03 bits per heavy atom. The van der Waals surface area contributed by atoms with Crippen LogP contribution in [0.4, 0.5) is 0 Å². The number of sulfonamides is 1. The van der Waals surface area contributed by atoms with Crippen molar-refractivity contribution in [1.29, 1.82) is 0 Å². The van der Waals surface area contributed by atoms with Gasteiger partial charge in [-0.2, -0.15) is 4.31 Å². The van der Waals surface area contributed by atoms with Crippen LogP contribution in [0, 0.1) is 11.8 Å². The van der Waals surface area contributed by atoms with Gasteiger partial charge >= 0.3 is 5.97 Å². The van der Waals surface area contributed by atoms with Crippen LogP contribution in [0.15, 0.2) is 53.4 Å². The maximum Gasteiger partial charge on any atom is 0.338 e. The first-order valence-electron chi connectivity index (χ1n) is 10.9. The first-order chi connectivity index (χ1) is 15.3. The first-order valence-corrected chi connectivity index (χ1v) is 12.4. The van der Waals surface area contributed by atoms with Gasteiger partial charge < -0.3 is 14.2 Å². The largest absolute Gasteiger partial charge is 0.494 e. The Balaban J connectivity index is 1.50. The molecule has 1 heterocycles. The Morgan fingerprint density at radius 2 is 1.47 bits per heavy atom. The van der Waals surface area contributed by atoms with Gasteiger partial charge in [-0.15, -0.1) is 0 Å². The number of rotatable bonds is 9. The molecule has 8 heteroatoms. The molecule has 0 aliphatic carbocycles. The fourth-order valence-corrected chi connectivity index (χ4v) is 5.57. The zero-order chi connectivity index (χ0) is 23.1. The van der Waals surface area contributed by atoms with Gasteiger partial charge in [0.1, 0.15) is 24.7 Å². The second-order valence-electron chi connectivity index (χ2n) is 8.18. The molecule has 1 aliphatic rings. The van der Waals surface area contributed by atoms with Crippen LogP contribution in [0.25, 0.3) is 0 Å². The predicted molar refractivity (Wildman–Crippen MR) is 122 cm³/mol. The quantitative estimate of drug-likeness (QED) is 0.415. The van der Waals surface area contributed by atoms with E-state index in [1.54, 1.807) is 12.1 Å². The second kappa shape index (κ2) is 10.8. The molecule has 1 fully saturated rings. The number of hydrogen-bond acceptors (Lipinski definition) is 6. The van der Waals surface area contributed by atoms with Crippen molar-refractivity contribution < 1.29 is 27.4 Å². The Bertz CT molecular complexity index is 978. The highest BCUT2D eigenvalue weighted by atomic mass is 32.2. The Morgan fingerprint density at radius 1 is 0.906 bits per heavy atom. The van der Waals surface area contributed by atoms with Gasteiger partial charge in [-0.05, 0) is 73.7 Å². The number of carbonyl (C=O) groups is 1. The number of benzene rings is 2. The van der Waals surface area contributed by atoms with Gasteiger partial charge in [-0.25, -0.2) is 13.2 Å². The molecule has 2 unspecified atom stereocenters. The molecule has 7 nitrogen and oxygen atoms in total. The summed E-state index contributed by atoms with van der Waals surface area (Å²) in [5.74, 6) is 1.55. The lowest BCUT2D eigenvalue weighted by molar-refractivity contribution is 0.0450. The lowest BCUT2D eigenvalue weighted by Gasteiger charge is -2.34. The third kappa shape index (κ3) is 6.23. The van der Waals surface area contributed by atoms with E-state index in [1.807, 2.05) is 19.1 Å². The number of ether oxygens (including phenoxy) is 3. The molecule has 0 aromatic heterocycles. The van der Waals surface area contributed by atoms with Crippen molar-refractivity contribution in [3.05, 3.63) is 54.1 Å². The predicted octanol–water partition coefficient (Wildman–Crippen LogP) is 3.99. The summed E-state index contributed by atoms with van der Waals surface area (Å²) < 4.78 is 43.6. The zero-order valence-electron chi connectivity index (χ0n) is 18.8. The summed E-state index contributed by atoms with van der Waals surface area (Å²) in [7, 11) is -3.58. The van der Waals surface area contributed by atoms with Crippen molar-refractivity contribution in [2.24, 2.45) is 11.8 Å². The molecule has 0 saturated carbocycles. The fraction of sp³-hybridized carbons (Fsp3) is 0.458. The van der Waals surface area contributed by atoms with Gasteiger partial charge in [0.15, 0.2) is 0 Å². The highest BCUT2D eigenvalue weighted by Gasteiger charge is 2.31. The van der Waals surface area contributed by atoms with Gasteiger partial charge in [0.25, 0.3) is 0 Å². The SMILES string of the molecule is CCOc1ccc(OCCOC(=O)c2ccc(S(=O)(=O)N3CC(C)CC(C)C3)cc2)cc1. The number of nitrogens with zero attached hydrogens (tertiary/aromatic N) is 1. The second-order valence-corrected chi connectivity index (χ2v) is 10.1. The number of carbonyl (C=O) groups excluding carboxylic acids is 1. The Kier molecular flexibility index (Phi) is 8.15. The molecule has 32 heavy (non-hydrogen) atoms. The van der Waals surface area contributed by atoms with Crippen molar-refractivity contribution in [3.8, 4) is 11.5 Å². The standard InChI is InChI=1S/C24H31NO6S/c1-4-29-21-7-9-22(10-8-21)30-13-14-31-24(26)20-5-11-23(12-6-20)32(27,28)25-16-18(2)15-19(3)17-25/h5-12,18-19H,4,13-17H2,1-3H3. The molecule has 1 aliphatic heterocycles. The van der Waals surface area contributed by atoms with Crippen LogP contribution in [0.3, 0.4) is 0 Å².